The largest absolute Gasteiger partial charge is 0.341 e. The van der Waals surface area contributed by atoms with Crippen LogP contribution < -0.4 is 11.3 Å². The Bertz CT molecular complexity index is 1460. The van der Waals surface area contributed by atoms with E-state index in [1.165, 1.54) is 23.9 Å². The average Bonchev–Trinajstić information content (AvgIpc) is 2.91. The molecule has 3 aromatic carbocycles. The van der Waals surface area contributed by atoms with Crippen molar-refractivity contribution in [1.29, 1.82) is 0 Å². The van der Waals surface area contributed by atoms with E-state index in [1.54, 1.807) is 24.1 Å². The lowest BCUT2D eigenvalue weighted by Crippen LogP contribution is -2.30. The Kier molecular flexibility index (Phi) is 9.33. The van der Waals surface area contributed by atoms with Gasteiger partial charge in [-0.05, 0) is 59.5 Å². The van der Waals surface area contributed by atoms with Gasteiger partial charge in [0.15, 0.2) is 5.16 Å². The van der Waals surface area contributed by atoms with E-state index < -0.39 is 0 Å². The standard InChI is InChI=1S/C29H28ClFN4O2S/c1-35(17-21-4-2-3-5-24(21)20-8-10-22(30)11-9-20)27(36)16-26-25(14-15-32)28(37)34-29(33-26)38-18-19-6-12-23(31)13-7-19/h2-13H,14-18,32H2,1H3,(H,33,34,37). The van der Waals surface area contributed by atoms with E-state index >= 15 is 0 Å². The molecular weight excluding hydrogens is 523 g/mol. The van der Waals surface area contributed by atoms with Crippen LogP contribution in [0.25, 0.3) is 11.1 Å². The normalized spacial score (nSPS) is 10.9. The number of carbonyl (C=O) groups is 1. The number of aromatic amines is 1. The second-order valence-corrected chi connectivity index (χ2v) is 10.2. The number of nitrogens with two attached hydrogens (primary N) is 1. The highest BCUT2D eigenvalue weighted by Crippen LogP contribution is 2.26. The molecule has 6 nitrogen and oxygen atoms in total. The fraction of sp³-hybridized carbons (Fsp3) is 0.207. The summed E-state index contributed by atoms with van der Waals surface area (Å²) in [5.74, 6) is 0.0210. The first-order chi connectivity index (χ1) is 18.3. The highest BCUT2D eigenvalue weighted by molar-refractivity contribution is 7.98. The zero-order valence-electron chi connectivity index (χ0n) is 20.9. The van der Waals surface area contributed by atoms with E-state index in [0.29, 0.717) is 40.2 Å². The molecular formula is C29H28ClFN4O2S. The van der Waals surface area contributed by atoms with Crippen molar-refractivity contribution < 1.29 is 9.18 Å². The monoisotopic (exact) mass is 550 g/mol. The summed E-state index contributed by atoms with van der Waals surface area (Å²) in [6, 6.07) is 21.6. The van der Waals surface area contributed by atoms with E-state index in [0.717, 1.165) is 22.3 Å². The zero-order chi connectivity index (χ0) is 27.1. The summed E-state index contributed by atoms with van der Waals surface area (Å²) in [6.45, 7) is 0.650. The minimum Gasteiger partial charge on any atom is -0.341 e. The smallest absolute Gasteiger partial charge is 0.255 e. The highest BCUT2D eigenvalue weighted by atomic mass is 35.5. The molecule has 3 N–H and O–H groups in total. The van der Waals surface area contributed by atoms with Crippen LogP contribution in [0.1, 0.15) is 22.4 Å². The number of nitrogens with one attached hydrogen (secondary N) is 1. The first-order valence-electron chi connectivity index (χ1n) is 12.1. The van der Waals surface area contributed by atoms with Crippen molar-refractivity contribution in [2.45, 2.75) is 30.3 Å². The number of nitrogens with zero attached hydrogens (tertiary/aromatic N) is 2. The number of likely N-dealkylation sites (N-methyl/N-ethyl adjacent to an activating group) is 1. The Morgan fingerprint density at radius 3 is 2.50 bits per heavy atom. The maximum absolute atomic E-state index is 13.3. The molecule has 0 atom stereocenters. The van der Waals surface area contributed by atoms with Gasteiger partial charge in [-0.15, -0.1) is 0 Å². The van der Waals surface area contributed by atoms with Crippen LogP contribution in [0.4, 0.5) is 4.39 Å². The van der Waals surface area contributed by atoms with Crippen molar-refractivity contribution in [3.63, 3.8) is 0 Å². The number of aromatic nitrogens is 2. The molecule has 0 aliphatic rings. The van der Waals surface area contributed by atoms with Gasteiger partial charge in [-0.25, -0.2) is 9.37 Å². The van der Waals surface area contributed by atoms with E-state index in [2.05, 4.69) is 9.97 Å². The number of rotatable bonds is 10. The lowest BCUT2D eigenvalue weighted by Gasteiger charge is -2.20. The fourth-order valence-corrected chi connectivity index (χ4v) is 5.02. The number of halogens is 2. The number of hydrogen-bond acceptors (Lipinski definition) is 5. The van der Waals surface area contributed by atoms with Gasteiger partial charge in [0.2, 0.25) is 5.91 Å². The zero-order valence-corrected chi connectivity index (χ0v) is 22.5. The van der Waals surface area contributed by atoms with Gasteiger partial charge in [0.1, 0.15) is 5.82 Å². The van der Waals surface area contributed by atoms with Gasteiger partial charge in [0.25, 0.3) is 5.56 Å². The van der Waals surface area contributed by atoms with Crippen LogP contribution in [0.2, 0.25) is 5.02 Å². The van der Waals surface area contributed by atoms with Gasteiger partial charge >= 0.3 is 0 Å². The van der Waals surface area contributed by atoms with Gasteiger partial charge in [0, 0.05) is 29.9 Å². The fourth-order valence-electron chi connectivity index (χ4n) is 4.06. The molecule has 9 heteroatoms. The van der Waals surface area contributed by atoms with E-state index in [1.807, 2.05) is 48.5 Å². The van der Waals surface area contributed by atoms with Crippen LogP contribution in [0.5, 0.6) is 0 Å². The molecule has 196 valence electrons. The van der Waals surface area contributed by atoms with Crippen molar-refractivity contribution in [2.24, 2.45) is 5.73 Å². The van der Waals surface area contributed by atoms with Crippen molar-refractivity contribution in [3.05, 3.63) is 116 Å². The second kappa shape index (κ2) is 12.9. The van der Waals surface area contributed by atoms with Crippen LogP contribution in [0.3, 0.4) is 0 Å². The third-order valence-electron chi connectivity index (χ3n) is 6.09. The molecule has 4 rings (SSSR count). The Morgan fingerprint density at radius 2 is 1.79 bits per heavy atom. The first kappa shape index (κ1) is 27.6. The number of H-pyrrole nitrogens is 1. The number of amides is 1. The number of thioether (sulfide) groups is 1. The first-order valence-corrected chi connectivity index (χ1v) is 13.5. The second-order valence-electron chi connectivity index (χ2n) is 8.84. The molecule has 1 aromatic heterocycles. The maximum atomic E-state index is 13.3. The molecule has 0 saturated carbocycles. The van der Waals surface area contributed by atoms with Crippen molar-refractivity contribution in [3.8, 4) is 11.1 Å². The SMILES string of the molecule is CN(Cc1ccccc1-c1ccc(Cl)cc1)C(=O)Cc1nc(SCc2ccc(F)cc2)[nH]c(=O)c1CCN. The van der Waals surface area contributed by atoms with Crippen LogP contribution in [0.15, 0.2) is 82.7 Å². The van der Waals surface area contributed by atoms with Gasteiger partial charge in [-0.1, -0.05) is 71.9 Å². The lowest BCUT2D eigenvalue weighted by atomic mass is 9.99. The van der Waals surface area contributed by atoms with Gasteiger partial charge in [0.05, 0.1) is 12.1 Å². The molecule has 0 fully saturated rings. The van der Waals surface area contributed by atoms with E-state index in [4.69, 9.17) is 17.3 Å². The average molecular weight is 551 g/mol. The molecule has 0 unspecified atom stereocenters. The number of benzene rings is 3. The molecule has 38 heavy (non-hydrogen) atoms. The molecule has 4 aromatic rings. The molecule has 0 radical (unpaired) electrons. The predicted octanol–water partition coefficient (Wildman–Crippen LogP) is 5.22. The van der Waals surface area contributed by atoms with Crippen molar-refractivity contribution >= 4 is 29.3 Å². The minimum absolute atomic E-state index is 0.0248. The van der Waals surface area contributed by atoms with E-state index in [9.17, 15) is 14.0 Å². The summed E-state index contributed by atoms with van der Waals surface area (Å²) < 4.78 is 13.2. The minimum atomic E-state index is -0.308. The Hall–Kier alpha value is -3.46. The van der Waals surface area contributed by atoms with Gasteiger partial charge in [-0.3, -0.25) is 9.59 Å². The number of hydrogen-bond donors (Lipinski definition) is 2. The topological polar surface area (TPSA) is 92.1 Å². The van der Waals surface area contributed by atoms with Crippen LogP contribution in [-0.4, -0.2) is 34.4 Å². The Balaban J connectivity index is 1.51. The summed E-state index contributed by atoms with van der Waals surface area (Å²) in [6.07, 6.45) is 0.292. The summed E-state index contributed by atoms with van der Waals surface area (Å²) in [5, 5.41) is 1.06. The summed E-state index contributed by atoms with van der Waals surface area (Å²) in [4.78, 5) is 35.1. The van der Waals surface area contributed by atoms with Crippen LogP contribution in [-0.2, 0) is 29.9 Å². The van der Waals surface area contributed by atoms with Gasteiger partial charge < -0.3 is 15.6 Å². The predicted molar refractivity (Wildman–Crippen MR) is 151 cm³/mol. The molecule has 0 aliphatic heterocycles. The van der Waals surface area contributed by atoms with Crippen molar-refractivity contribution in [1.82, 2.24) is 14.9 Å². The third-order valence-corrected chi connectivity index (χ3v) is 7.28. The van der Waals surface area contributed by atoms with Gasteiger partial charge in [-0.2, -0.15) is 0 Å². The Labute approximate surface area is 230 Å². The molecule has 0 saturated heterocycles. The molecule has 0 spiro atoms. The summed E-state index contributed by atoms with van der Waals surface area (Å²) in [5.41, 5.74) is 10.2. The quantitative estimate of drug-likeness (QED) is 0.208. The summed E-state index contributed by atoms with van der Waals surface area (Å²) >= 11 is 7.37. The summed E-state index contributed by atoms with van der Waals surface area (Å²) in [7, 11) is 1.74. The van der Waals surface area contributed by atoms with E-state index in [-0.39, 0.29) is 30.2 Å². The molecule has 0 bridgehead atoms. The molecule has 0 aliphatic carbocycles. The highest BCUT2D eigenvalue weighted by Gasteiger charge is 2.18. The van der Waals surface area contributed by atoms with Crippen LogP contribution >= 0.6 is 23.4 Å². The molecule has 1 heterocycles. The third kappa shape index (κ3) is 7.10. The number of carbonyl (C=O) groups excluding carboxylic acids is 1. The van der Waals surface area contributed by atoms with Crippen molar-refractivity contribution in [2.75, 3.05) is 13.6 Å². The molecule has 1 amide bonds. The maximum Gasteiger partial charge on any atom is 0.255 e. The van der Waals surface area contributed by atoms with Crippen LogP contribution in [0, 0.1) is 5.82 Å². The Morgan fingerprint density at radius 1 is 1.08 bits per heavy atom. The lowest BCUT2D eigenvalue weighted by molar-refractivity contribution is -0.129.